The molecular weight excluding hydrogens is 290 g/mol. The van der Waals surface area contributed by atoms with E-state index in [1.54, 1.807) is 24.3 Å². The maximum Gasteiger partial charge on any atom is 0.251 e. The molecule has 1 aromatic carbocycles. The van der Waals surface area contributed by atoms with Gasteiger partial charge >= 0.3 is 0 Å². The molecule has 1 atom stereocenters. The second-order valence-corrected chi connectivity index (χ2v) is 6.47. The highest BCUT2D eigenvalue weighted by Crippen LogP contribution is 2.31. The number of amides is 1. The Morgan fingerprint density at radius 3 is 2.87 bits per heavy atom. The Balaban J connectivity index is 1.53. The zero-order valence-corrected chi connectivity index (χ0v) is 12.9. The number of allylic oxidation sites excluding steroid dienone is 1. The molecule has 5 nitrogen and oxygen atoms in total. The van der Waals surface area contributed by atoms with Gasteiger partial charge in [0.05, 0.1) is 11.6 Å². The number of rotatable bonds is 2. The molecule has 1 aromatic rings. The van der Waals surface area contributed by atoms with Gasteiger partial charge in [-0.2, -0.15) is 5.26 Å². The normalized spacial score (nSPS) is 28.1. The summed E-state index contributed by atoms with van der Waals surface area (Å²) in [5, 5.41) is 12.4. The predicted octanol–water partition coefficient (Wildman–Crippen LogP) is 1.81. The second kappa shape index (κ2) is 5.71. The van der Waals surface area contributed by atoms with Gasteiger partial charge in [-0.25, -0.2) is 0 Å². The molecule has 3 fully saturated rings. The lowest BCUT2D eigenvalue weighted by Crippen LogP contribution is -2.57. The number of piperidine rings is 3. The quantitative estimate of drug-likeness (QED) is 0.905. The van der Waals surface area contributed by atoms with E-state index in [0.29, 0.717) is 35.0 Å². The van der Waals surface area contributed by atoms with Crippen molar-refractivity contribution in [2.75, 3.05) is 26.2 Å². The van der Waals surface area contributed by atoms with E-state index in [2.05, 4.69) is 16.3 Å². The Hall–Kier alpha value is -2.32. The van der Waals surface area contributed by atoms with Crippen molar-refractivity contribution in [1.82, 2.24) is 10.2 Å². The van der Waals surface area contributed by atoms with Crippen LogP contribution >= 0.6 is 0 Å². The molecule has 0 aromatic heterocycles. The Kier molecular flexibility index (Phi) is 3.55. The predicted molar refractivity (Wildman–Crippen MR) is 85.9 cm³/mol. The van der Waals surface area contributed by atoms with Crippen LogP contribution in [-0.2, 0) is 0 Å². The Morgan fingerprint density at radius 2 is 2.17 bits per heavy atom. The lowest BCUT2D eigenvalue weighted by Gasteiger charge is -2.44. The van der Waals surface area contributed by atoms with Gasteiger partial charge in [0.2, 0.25) is 0 Å². The zero-order chi connectivity index (χ0) is 15.8. The monoisotopic (exact) mass is 309 g/mol. The number of hydrogen-bond acceptors (Lipinski definition) is 4. The Morgan fingerprint density at radius 1 is 1.35 bits per heavy atom. The first-order valence-corrected chi connectivity index (χ1v) is 8.15. The molecule has 23 heavy (non-hydrogen) atoms. The first kappa shape index (κ1) is 14.3. The van der Waals surface area contributed by atoms with Crippen molar-refractivity contribution in [2.24, 2.45) is 5.92 Å². The SMILES string of the molecule is N#CC1=CCOc2ccc(C(=O)N[C@H]3CN4CCC3CC4)cc21. The van der Waals surface area contributed by atoms with E-state index in [1.807, 2.05) is 0 Å². The van der Waals surface area contributed by atoms with Gasteiger partial charge in [0, 0.05) is 23.7 Å². The minimum absolute atomic E-state index is 0.0607. The highest BCUT2D eigenvalue weighted by Gasteiger charge is 2.35. The van der Waals surface area contributed by atoms with E-state index >= 15 is 0 Å². The van der Waals surface area contributed by atoms with Crippen molar-refractivity contribution >= 4 is 11.5 Å². The van der Waals surface area contributed by atoms with Crippen molar-refractivity contribution in [3.05, 3.63) is 35.4 Å². The van der Waals surface area contributed by atoms with Crippen LogP contribution in [0.4, 0.5) is 0 Å². The average Bonchev–Trinajstić information content (AvgIpc) is 2.61. The van der Waals surface area contributed by atoms with Crippen LogP contribution in [0.25, 0.3) is 5.57 Å². The molecule has 4 aliphatic rings. The van der Waals surface area contributed by atoms with Crippen LogP contribution in [0.1, 0.15) is 28.8 Å². The zero-order valence-electron chi connectivity index (χ0n) is 12.9. The van der Waals surface area contributed by atoms with Crippen LogP contribution in [0.5, 0.6) is 5.75 Å². The molecule has 2 bridgehead atoms. The summed E-state index contributed by atoms with van der Waals surface area (Å²) in [4.78, 5) is 15.0. The van der Waals surface area contributed by atoms with Gasteiger partial charge in [-0.15, -0.1) is 0 Å². The molecule has 0 unspecified atom stereocenters. The second-order valence-electron chi connectivity index (χ2n) is 6.47. The Labute approximate surface area is 135 Å². The highest BCUT2D eigenvalue weighted by molar-refractivity contribution is 5.96. The molecule has 0 spiro atoms. The minimum Gasteiger partial charge on any atom is -0.489 e. The molecule has 4 heterocycles. The van der Waals surface area contributed by atoms with Gasteiger partial charge < -0.3 is 15.0 Å². The number of benzene rings is 1. The first-order chi connectivity index (χ1) is 11.2. The third-order valence-corrected chi connectivity index (χ3v) is 5.15. The van der Waals surface area contributed by atoms with Crippen molar-refractivity contribution in [2.45, 2.75) is 18.9 Å². The van der Waals surface area contributed by atoms with Gasteiger partial charge in [0.1, 0.15) is 12.4 Å². The van der Waals surface area contributed by atoms with Gasteiger partial charge in [0.15, 0.2) is 0 Å². The van der Waals surface area contributed by atoms with E-state index < -0.39 is 0 Å². The van der Waals surface area contributed by atoms with Crippen LogP contribution in [0.2, 0.25) is 0 Å². The van der Waals surface area contributed by atoms with Gasteiger partial charge in [-0.05, 0) is 56.1 Å². The third kappa shape index (κ3) is 2.60. The van der Waals surface area contributed by atoms with Crippen LogP contribution < -0.4 is 10.1 Å². The number of ether oxygens (including phenoxy) is 1. The highest BCUT2D eigenvalue weighted by atomic mass is 16.5. The molecular formula is C18H19N3O2. The summed E-state index contributed by atoms with van der Waals surface area (Å²) in [6.07, 6.45) is 4.09. The third-order valence-electron chi connectivity index (χ3n) is 5.15. The van der Waals surface area contributed by atoms with Gasteiger partial charge in [-0.1, -0.05) is 0 Å². The first-order valence-electron chi connectivity index (χ1n) is 8.15. The smallest absolute Gasteiger partial charge is 0.251 e. The summed E-state index contributed by atoms with van der Waals surface area (Å²) in [5.74, 6) is 1.21. The van der Waals surface area contributed by atoms with Crippen LogP contribution in [0.15, 0.2) is 24.3 Å². The van der Waals surface area contributed by atoms with Crippen molar-refractivity contribution in [1.29, 1.82) is 5.26 Å². The van der Waals surface area contributed by atoms with E-state index in [9.17, 15) is 10.1 Å². The summed E-state index contributed by atoms with van der Waals surface area (Å²) < 4.78 is 5.51. The van der Waals surface area contributed by atoms with E-state index in [4.69, 9.17) is 4.74 Å². The number of fused-ring (bicyclic) bond motifs is 4. The van der Waals surface area contributed by atoms with Crippen molar-refractivity contribution in [3.63, 3.8) is 0 Å². The molecule has 3 saturated heterocycles. The molecule has 1 N–H and O–H groups in total. The minimum atomic E-state index is -0.0607. The fourth-order valence-electron chi connectivity index (χ4n) is 3.82. The molecule has 0 saturated carbocycles. The van der Waals surface area contributed by atoms with Crippen molar-refractivity contribution in [3.8, 4) is 11.8 Å². The van der Waals surface area contributed by atoms with E-state index in [-0.39, 0.29) is 11.9 Å². The number of carbonyl (C=O) groups excluding carboxylic acids is 1. The maximum atomic E-state index is 12.6. The topological polar surface area (TPSA) is 65.4 Å². The van der Waals surface area contributed by atoms with Crippen LogP contribution in [0.3, 0.4) is 0 Å². The lowest BCUT2D eigenvalue weighted by molar-refractivity contribution is 0.0620. The van der Waals surface area contributed by atoms with Crippen molar-refractivity contribution < 1.29 is 9.53 Å². The summed E-state index contributed by atoms with van der Waals surface area (Å²) in [5.41, 5.74) is 1.87. The number of nitrogens with zero attached hydrogens (tertiary/aromatic N) is 2. The largest absolute Gasteiger partial charge is 0.489 e. The molecule has 0 radical (unpaired) electrons. The average molecular weight is 309 g/mol. The fourth-order valence-corrected chi connectivity index (χ4v) is 3.82. The number of nitriles is 1. The molecule has 1 amide bonds. The molecule has 0 aliphatic carbocycles. The van der Waals surface area contributed by atoms with Crippen LogP contribution in [-0.4, -0.2) is 43.1 Å². The maximum absolute atomic E-state index is 12.6. The Bertz CT molecular complexity index is 711. The molecule has 5 heteroatoms. The number of nitrogens with one attached hydrogen (secondary N) is 1. The van der Waals surface area contributed by atoms with Gasteiger partial charge in [-0.3, -0.25) is 4.79 Å². The summed E-state index contributed by atoms with van der Waals surface area (Å²) in [7, 11) is 0. The summed E-state index contributed by atoms with van der Waals surface area (Å²) in [6.45, 7) is 3.67. The molecule has 4 aliphatic heterocycles. The fraction of sp³-hybridized carbons (Fsp3) is 0.444. The summed E-state index contributed by atoms with van der Waals surface area (Å²) >= 11 is 0. The number of hydrogen-bond donors (Lipinski definition) is 1. The standard InChI is InChI=1S/C18H19N3O2/c19-10-14-5-8-23-17-2-1-13(9-15(14)17)18(22)20-16-11-21-6-3-12(16)4-7-21/h1-2,5,9,12,16H,3-4,6-8,11H2,(H,20,22)/t16-/m0/s1. The van der Waals surface area contributed by atoms with E-state index in [0.717, 1.165) is 19.6 Å². The lowest BCUT2D eigenvalue weighted by atomic mass is 9.84. The summed E-state index contributed by atoms with van der Waals surface area (Å²) in [6, 6.07) is 7.73. The van der Waals surface area contributed by atoms with E-state index in [1.165, 1.54) is 12.8 Å². The van der Waals surface area contributed by atoms with Gasteiger partial charge in [0.25, 0.3) is 5.91 Å². The molecule has 5 rings (SSSR count). The number of carbonyl (C=O) groups is 1. The van der Waals surface area contributed by atoms with Crippen LogP contribution in [0, 0.1) is 17.2 Å². The molecule has 118 valence electrons.